The Bertz CT molecular complexity index is 598. The lowest BCUT2D eigenvalue weighted by Gasteiger charge is -2.36. The van der Waals surface area contributed by atoms with Crippen LogP contribution in [0, 0.1) is 0 Å². The van der Waals surface area contributed by atoms with Crippen LogP contribution in [0.5, 0.6) is 0 Å². The van der Waals surface area contributed by atoms with E-state index < -0.39 is 0 Å². The summed E-state index contributed by atoms with van der Waals surface area (Å²) in [6.45, 7) is 3.43. The molecule has 2 fully saturated rings. The molecule has 2 aliphatic rings. The number of thiophene rings is 1. The fourth-order valence-corrected chi connectivity index (χ4v) is 3.52. The molecule has 1 atom stereocenters. The molecule has 2 aromatic rings. The molecule has 4 rings (SSSR count). The second kappa shape index (κ2) is 5.27. The molecular formula is C14H18N4OS. The van der Waals surface area contributed by atoms with E-state index in [1.165, 1.54) is 17.5 Å². The van der Waals surface area contributed by atoms with E-state index in [2.05, 4.69) is 31.6 Å². The number of nitrogens with zero attached hydrogens (tertiary/aromatic N) is 3. The van der Waals surface area contributed by atoms with E-state index in [9.17, 15) is 0 Å². The molecule has 1 aliphatic carbocycles. The van der Waals surface area contributed by atoms with Gasteiger partial charge in [-0.15, -0.1) is 11.3 Å². The fourth-order valence-electron chi connectivity index (χ4n) is 2.67. The van der Waals surface area contributed by atoms with E-state index in [1.54, 1.807) is 17.7 Å². The summed E-state index contributed by atoms with van der Waals surface area (Å²) in [7, 11) is 0. The molecule has 2 aromatic heterocycles. The third-order valence-corrected chi connectivity index (χ3v) is 4.84. The molecule has 1 saturated carbocycles. The number of nitrogens with one attached hydrogen (secondary N) is 1. The van der Waals surface area contributed by atoms with E-state index in [-0.39, 0.29) is 0 Å². The monoisotopic (exact) mass is 290 g/mol. The maximum absolute atomic E-state index is 5.66. The molecule has 0 aromatic carbocycles. The van der Waals surface area contributed by atoms with Crippen LogP contribution in [0.2, 0.25) is 0 Å². The van der Waals surface area contributed by atoms with Gasteiger partial charge in [-0.2, -0.15) is 0 Å². The van der Waals surface area contributed by atoms with Gasteiger partial charge in [0.15, 0.2) is 0 Å². The molecule has 3 heterocycles. The van der Waals surface area contributed by atoms with Crippen molar-refractivity contribution in [1.82, 2.24) is 15.3 Å². The van der Waals surface area contributed by atoms with Crippen LogP contribution in [-0.4, -0.2) is 48.4 Å². The summed E-state index contributed by atoms with van der Waals surface area (Å²) in [6, 6.07) is 3.15. The van der Waals surface area contributed by atoms with E-state index in [4.69, 9.17) is 4.74 Å². The predicted octanol–water partition coefficient (Wildman–Crippen LogP) is 1.65. The Balaban J connectivity index is 1.61. The summed E-state index contributed by atoms with van der Waals surface area (Å²) in [5, 5.41) is 5.69. The zero-order valence-corrected chi connectivity index (χ0v) is 12.1. The first kappa shape index (κ1) is 12.5. The van der Waals surface area contributed by atoms with Crippen molar-refractivity contribution in [1.29, 1.82) is 0 Å². The smallest absolute Gasteiger partial charge is 0.150 e. The van der Waals surface area contributed by atoms with Crippen LogP contribution < -0.4 is 10.2 Å². The average Bonchev–Trinajstić information content (AvgIpc) is 3.20. The topological polar surface area (TPSA) is 50.3 Å². The van der Waals surface area contributed by atoms with Crippen molar-refractivity contribution >= 4 is 27.4 Å². The largest absolute Gasteiger partial charge is 0.377 e. The van der Waals surface area contributed by atoms with Crippen molar-refractivity contribution in [2.75, 3.05) is 31.2 Å². The molecular weight excluding hydrogens is 272 g/mol. The number of aromatic nitrogens is 2. The first-order valence-electron chi connectivity index (χ1n) is 7.18. The molecule has 106 valence electrons. The van der Waals surface area contributed by atoms with Gasteiger partial charge in [0, 0.05) is 19.1 Å². The summed E-state index contributed by atoms with van der Waals surface area (Å²) in [5.41, 5.74) is 1.04. The Hall–Kier alpha value is -1.24. The van der Waals surface area contributed by atoms with Crippen molar-refractivity contribution in [3.05, 3.63) is 17.8 Å². The average molecular weight is 290 g/mol. The standard InChI is InChI=1S/C14H18N4OS/c1-2-10(1)15-7-11-8-19-5-4-18(11)14-13-12(3-6-20-13)16-9-17-14/h3,6,9-11,15H,1-2,4-5,7-8H2. The van der Waals surface area contributed by atoms with E-state index >= 15 is 0 Å². The first-order valence-corrected chi connectivity index (χ1v) is 8.06. The third kappa shape index (κ3) is 2.39. The molecule has 1 unspecified atom stereocenters. The second-order valence-electron chi connectivity index (χ2n) is 5.44. The summed E-state index contributed by atoms with van der Waals surface area (Å²) in [6.07, 6.45) is 4.30. The van der Waals surface area contributed by atoms with Crippen molar-refractivity contribution in [3.8, 4) is 0 Å². The van der Waals surface area contributed by atoms with Gasteiger partial charge in [-0.25, -0.2) is 9.97 Å². The van der Waals surface area contributed by atoms with Gasteiger partial charge < -0.3 is 15.0 Å². The number of rotatable bonds is 4. The molecule has 0 amide bonds. The highest BCUT2D eigenvalue weighted by Gasteiger charge is 2.28. The maximum Gasteiger partial charge on any atom is 0.150 e. The van der Waals surface area contributed by atoms with Gasteiger partial charge in [0.2, 0.25) is 0 Å². The Labute approximate surface area is 122 Å². The molecule has 1 N–H and O–H groups in total. The molecule has 5 nitrogen and oxygen atoms in total. The van der Waals surface area contributed by atoms with Crippen LogP contribution in [0.15, 0.2) is 17.8 Å². The number of hydrogen-bond acceptors (Lipinski definition) is 6. The van der Waals surface area contributed by atoms with Gasteiger partial charge in [0.25, 0.3) is 0 Å². The summed E-state index contributed by atoms with van der Waals surface area (Å²) < 4.78 is 6.84. The third-order valence-electron chi connectivity index (χ3n) is 3.94. The summed E-state index contributed by atoms with van der Waals surface area (Å²) in [5.74, 6) is 1.07. The maximum atomic E-state index is 5.66. The Kier molecular flexibility index (Phi) is 3.29. The molecule has 1 aliphatic heterocycles. The van der Waals surface area contributed by atoms with Gasteiger partial charge in [0.05, 0.1) is 29.5 Å². The van der Waals surface area contributed by atoms with Crippen molar-refractivity contribution in [3.63, 3.8) is 0 Å². The molecule has 6 heteroatoms. The molecule has 0 spiro atoms. The van der Waals surface area contributed by atoms with E-state index in [1.807, 2.05) is 0 Å². The van der Waals surface area contributed by atoms with Crippen LogP contribution in [0.1, 0.15) is 12.8 Å². The van der Waals surface area contributed by atoms with Crippen LogP contribution in [0.25, 0.3) is 10.2 Å². The first-order chi connectivity index (χ1) is 9.92. The van der Waals surface area contributed by atoms with Crippen LogP contribution in [0.4, 0.5) is 5.82 Å². The Morgan fingerprint density at radius 2 is 2.35 bits per heavy atom. The summed E-state index contributed by atoms with van der Waals surface area (Å²) >= 11 is 1.72. The minimum atomic E-state index is 0.365. The highest BCUT2D eigenvalue weighted by atomic mass is 32.1. The number of hydrogen-bond donors (Lipinski definition) is 1. The minimum Gasteiger partial charge on any atom is -0.377 e. The van der Waals surface area contributed by atoms with Crippen molar-refractivity contribution < 1.29 is 4.74 Å². The van der Waals surface area contributed by atoms with Gasteiger partial charge >= 0.3 is 0 Å². The molecule has 20 heavy (non-hydrogen) atoms. The van der Waals surface area contributed by atoms with Gasteiger partial charge in [-0.05, 0) is 24.3 Å². The zero-order chi connectivity index (χ0) is 13.4. The SMILES string of the molecule is c1nc(N2CCOCC2CNC2CC2)c2sccc2n1. The molecule has 0 bridgehead atoms. The van der Waals surface area contributed by atoms with Crippen LogP contribution in [0.3, 0.4) is 0 Å². The quantitative estimate of drug-likeness (QED) is 0.928. The van der Waals surface area contributed by atoms with Crippen LogP contribution >= 0.6 is 11.3 Å². The van der Waals surface area contributed by atoms with Gasteiger partial charge in [-0.3, -0.25) is 0 Å². The van der Waals surface area contributed by atoms with Crippen molar-refractivity contribution in [2.45, 2.75) is 24.9 Å². The van der Waals surface area contributed by atoms with Gasteiger partial charge in [-0.1, -0.05) is 0 Å². The number of ether oxygens (including phenoxy) is 1. The fraction of sp³-hybridized carbons (Fsp3) is 0.571. The Morgan fingerprint density at radius 3 is 3.25 bits per heavy atom. The highest BCUT2D eigenvalue weighted by molar-refractivity contribution is 7.17. The minimum absolute atomic E-state index is 0.365. The highest BCUT2D eigenvalue weighted by Crippen LogP contribution is 2.30. The lowest BCUT2D eigenvalue weighted by molar-refractivity contribution is 0.0934. The number of anilines is 1. The van der Waals surface area contributed by atoms with E-state index in [0.29, 0.717) is 6.04 Å². The number of morpholine rings is 1. The van der Waals surface area contributed by atoms with Gasteiger partial charge in [0.1, 0.15) is 12.1 Å². The van der Waals surface area contributed by atoms with Crippen molar-refractivity contribution in [2.24, 2.45) is 0 Å². The normalized spacial score (nSPS) is 23.4. The lowest BCUT2D eigenvalue weighted by atomic mass is 10.2. The molecule has 0 radical (unpaired) electrons. The second-order valence-corrected chi connectivity index (χ2v) is 6.35. The van der Waals surface area contributed by atoms with Crippen LogP contribution in [-0.2, 0) is 4.74 Å². The summed E-state index contributed by atoms with van der Waals surface area (Å²) in [4.78, 5) is 11.3. The zero-order valence-electron chi connectivity index (χ0n) is 11.3. The van der Waals surface area contributed by atoms with E-state index in [0.717, 1.165) is 43.7 Å². The Morgan fingerprint density at radius 1 is 1.40 bits per heavy atom. The number of fused-ring (bicyclic) bond motifs is 1. The molecule has 1 saturated heterocycles. The lowest BCUT2D eigenvalue weighted by Crippen LogP contribution is -2.51. The predicted molar refractivity (Wildman–Crippen MR) is 80.4 cm³/mol.